The van der Waals surface area contributed by atoms with E-state index in [4.69, 9.17) is 5.11 Å². The van der Waals surface area contributed by atoms with Crippen LogP contribution in [0, 0.1) is 13.8 Å². The molecule has 1 amide bonds. The van der Waals surface area contributed by atoms with Gasteiger partial charge in [0.05, 0.1) is 17.8 Å². The third-order valence-electron chi connectivity index (χ3n) is 3.99. The average Bonchev–Trinajstić information content (AvgIpc) is 2.84. The molecule has 5 nitrogen and oxygen atoms in total. The number of para-hydroxylation sites is 1. The van der Waals surface area contributed by atoms with Gasteiger partial charge in [-0.05, 0) is 38.7 Å². The van der Waals surface area contributed by atoms with Gasteiger partial charge in [-0.3, -0.25) is 4.79 Å². The highest BCUT2D eigenvalue weighted by Gasteiger charge is 2.18. The third-order valence-corrected chi connectivity index (χ3v) is 4.73. The highest BCUT2D eigenvalue weighted by molar-refractivity contribution is 7.98. The van der Waals surface area contributed by atoms with Gasteiger partial charge in [0.15, 0.2) is 0 Å². The van der Waals surface area contributed by atoms with Crippen molar-refractivity contribution in [2.24, 2.45) is 0 Å². The Kier molecular flexibility index (Phi) is 6.87. The number of amides is 1. The van der Waals surface area contributed by atoms with Crippen LogP contribution in [0.4, 0.5) is 0 Å². The molecule has 0 fully saturated rings. The van der Waals surface area contributed by atoms with Gasteiger partial charge in [0.2, 0.25) is 5.91 Å². The number of nitrogens with one attached hydrogen (secondary N) is 1. The van der Waals surface area contributed by atoms with Gasteiger partial charge < -0.3 is 10.4 Å². The summed E-state index contributed by atoms with van der Waals surface area (Å²) in [6, 6.07) is 9.91. The molecule has 1 atom stereocenters. The normalized spacial score (nSPS) is 12.2. The van der Waals surface area contributed by atoms with Crippen LogP contribution in [0.2, 0.25) is 0 Å². The molecule has 0 aliphatic carbocycles. The van der Waals surface area contributed by atoms with Crippen molar-refractivity contribution in [1.29, 1.82) is 0 Å². The van der Waals surface area contributed by atoms with Gasteiger partial charge in [-0.1, -0.05) is 18.2 Å². The van der Waals surface area contributed by atoms with E-state index in [1.165, 1.54) is 0 Å². The molecule has 2 rings (SSSR count). The number of rotatable bonds is 8. The van der Waals surface area contributed by atoms with Gasteiger partial charge in [-0.25, -0.2) is 4.68 Å². The molecule has 1 unspecified atom stereocenters. The number of carbonyl (C=O) groups is 1. The van der Waals surface area contributed by atoms with Crippen LogP contribution in [0.3, 0.4) is 0 Å². The lowest BCUT2D eigenvalue weighted by Gasteiger charge is -2.16. The molecule has 24 heavy (non-hydrogen) atoms. The summed E-state index contributed by atoms with van der Waals surface area (Å²) in [5.74, 6) is 0.773. The molecule has 1 aromatic heterocycles. The number of aromatic nitrogens is 2. The summed E-state index contributed by atoms with van der Waals surface area (Å²) >= 11 is 1.66. The van der Waals surface area contributed by atoms with Gasteiger partial charge in [-0.15, -0.1) is 0 Å². The number of hydrogen-bond donors (Lipinski definition) is 2. The van der Waals surface area contributed by atoms with Crippen LogP contribution in [-0.4, -0.2) is 45.5 Å². The smallest absolute Gasteiger partial charge is 0.224 e. The van der Waals surface area contributed by atoms with Crippen LogP contribution in [0.1, 0.15) is 23.4 Å². The fraction of sp³-hybridized carbons (Fsp3) is 0.444. The van der Waals surface area contributed by atoms with E-state index < -0.39 is 0 Å². The lowest BCUT2D eigenvalue weighted by molar-refractivity contribution is -0.121. The van der Waals surface area contributed by atoms with Crippen molar-refractivity contribution in [2.45, 2.75) is 32.7 Å². The summed E-state index contributed by atoms with van der Waals surface area (Å²) in [5.41, 5.74) is 3.81. The Bertz CT molecular complexity index is 664. The van der Waals surface area contributed by atoms with Crippen molar-refractivity contribution in [3.05, 3.63) is 47.3 Å². The monoisotopic (exact) mass is 347 g/mol. The molecule has 0 spiro atoms. The van der Waals surface area contributed by atoms with Crippen molar-refractivity contribution >= 4 is 17.7 Å². The van der Waals surface area contributed by atoms with E-state index in [-0.39, 0.29) is 18.6 Å². The lowest BCUT2D eigenvalue weighted by Crippen LogP contribution is -2.38. The Hall–Kier alpha value is -1.79. The predicted octanol–water partition coefficient (Wildman–Crippen LogP) is 2.26. The lowest BCUT2D eigenvalue weighted by atomic mass is 10.1. The minimum atomic E-state index is -0.0266. The zero-order valence-corrected chi connectivity index (χ0v) is 15.3. The Morgan fingerprint density at radius 2 is 2.04 bits per heavy atom. The van der Waals surface area contributed by atoms with Crippen LogP contribution in [0.15, 0.2) is 30.3 Å². The number of nitrogens with zero attached hydrogens (tertiary/aromatic N) is 2. The van der Waals surface area contributed by atoms with Crippen molar-refractivity contribution in [1.82, 2.24) is 15.1 Å². The fourth-order valence-electron chi connectivity index (χ4n) is 2.74. The Labute approximate surface area is 147 Å². The van der Waals surface area contributed by atoms with Gasteiger partial charge in [0.1, 0.15) is 0 Å². The first-order valence-electron chi connectivity index (χ1n) is 8.06. The van der Waals surface area contributed by atoms with Crippen molar-refractivity contribution in [3.8, 4) is 5.69 Å². The van der Waals surface area contributed by atoms with E-state index in [9.17, 15) is 4.79 Å². The van der Waals surface area contributed by atoms with E-state index in [2.05, 4.69) is 10.4 Å². The minimum Gasteiger partial charge on any atom is -0.396 e. The number of aliphatic hydroxyl groups excluding tert-OH is 1. The Morgan fingerprint density at radius 1 is 1.33 bits per heavy atom. The van der Waals surface area contributed by atoms with E-state index in [1.807, 2.05) is 55.1 Å². The first kappa shape index (κ1) is 18.5. The summed E-state index contributed by atoms with van der Waals surface area (Å²) in [5, 5.41) is 16.7. The average molecular weight is 347 g/mol. The first-order valence-corrected chi connectivity index (χ1v) is 9.45. The molecule has 0 aliphatic heterocycles. The molecular weight excluding hydrogens is 322 g/mol. The highest BCUT2D eigenvalue weighted by atomic mass is 32.2. The number of benzene rings is 1. The number of aryl methyl sites for hydroxylation is 1. The summed E-state index contributed by atoms with van der Waals surface area (Å²) in [6.07, 6.45) is 2.88. The van der Waals surface area contributed by atoms with Crippen molar-refractivity contribution in [3.63, 3.8) is 0 Å². The highest BCUT2D eigenvalue weighted by Crippen LogP contribution is 2.18. The number of aliphatic hydroxyl groups is 1. The van der Waals surface area contributed by atoms with Gasteiger partial charge in [0.25, 0.3) is 0 Å². The van der Waals surface area contributed by atoms with Crippen molar-refractivity contribution < 1.29 is 9.90 Å². The maximum absolute atomic E-state index is 12.4. The molecular formula is C18H25N3O2S. The van der Waals surface area contributed by atoms with Gasteiger partial charge in [-0.2, -0.15) is 16.9 Å². The molecule has 0 bridgehead atoms. The van der Waals surface area contributed by atoms with Crippen LogP contribution in [-0.2, 0) is 11.2 Å². The molecule has 130 valence electrons. The second-order valence-corrected chi connectivity index (χ2v) is 6.72. The second-order valence-electron chi connectivity index (χ2n) is 5.81. The molecule has 0 aliphatic rings. The molecule has 1 heterocycles. The third kappa shape index (κ3) is 4.61. The topological polar surface area (TPSA) is 67.2 Å². The molecule has 1 aromatic carbocycles. The number of thioether (sulfide) groups is 1. The summed E-state index contributed by atoms with van der Waals surface area (Å²) in [7, 11) is 0. The molecule has 0 saturated carbocycles. The standard InChI is InChI=1S/C18H25N3O2S/c1-13-17(11-18(23)19-15(9-10-22)12-24-3)14(2)21(20-13)16-7-5-4-6-8-16/h4-8,15,22H,9-12H2,1-3H3,(H,19,23). The summed E-state index contributed by atoms with van der Waals surface area (Å²) < 4.78 is 1.88. The van der Waals surface area contributed by atoms with Gasteiger partial charge >= 0.3 is 0 Å². The quantitative estimate of drug-likeness (QED) is 0.769. The maximum Gasteiger partial charge on any atom is 0.224 e. The van der Waals surface area contributed by atoms with E-state index in [0.717, 1.165) is 28.4 Å². The summed E-state index contributed by atoms with van der Waals surface area (Å²) in [4.78, 5) is 12.4. The number of hydrogen-bond acceptors (Lipinski definition) is 4. The summed E-state index contributed by atoms with van der Waals surface area (Å²) in [6.45, 7) is 4.00. The Balaban J connectivity index is 2.12. The zero-order chi connectivity index (χ0) is 17.5. The SMILES string of the molecule is CSCC(CCO)NC(=O)Cc1c(C)nn(-c2ccccc2)c1C. The number of carbonyl (C=O) groups excluding carboxylic acids is 1. The van der Waals surface area contributed by atoms with E-state index in [1.54, 1.807) is 11.8 Å². The fourth-order valence-corrected chi connectivity index (χ4v) is 3.40. The predicted molar refractivity (Wildman–Crippen MR) is 98.8 cm³/mol. The Morgan fingerprint density at radius 3 is 2.67 bits per heavy atom. The first-order chi connectivity index (χ1) is 11.6. The van der Waals surface area contributed by atoms with Crippen molar-refractivity contribution in [2.75, 3.05) is 18.6 Å². The van der Waals surface area contributed by atoms with Crippen LogP contribution in [0.25, 0.3) is 5.69 Å². The largest absolute Gasteiger partial charge is 0.396 e. The molecule has 2 N–H and O–H groups in total. The minimum absolute atomic E-state index is 0.00211. The van der Waals surface area contributed by atoms with E-state index in [0.29, 0.717) is 12.8 Å². The molecule has 6 heteroatoms. The van der Waals surface area contributed by atoms with Crippen LogP contribution >= 0.6 is 11.8 Å². The van der Waals surface area contributed by atoms with E-state index >= 15 is 0 Å². The van der Waals surface area contributed by atoms with Crippen LogP contribution in [0.5, 0.6) is 0 Å². The molecule has 0 radical (unpaired) electrons. The maximum atomic E-state index is 12.4. The van der Waals surface area contributed by atoms with Crippen LogP contribution < -0.4 is 5.32 Å². The zero-order valence-electron chi connectivity index (χ0n) is 14.5. The molecule has 0 saturated heterocycles. The second kappa shape index (κ2) is 8.89. The van der Waals surface area contributed by atoms with Gasteiger partial charge in [0, 0.05) is 29.7 Å². The molecule has 2 aromatic rings.